The molecule has 38 heavy (non-hydrogen) atoms. The predicted molar refractivity (Wildman–Crippen MR) is 147 cm³/mol. The average molecular weight is 531 g/mol. The van der Waals surface area contributed by atoms with Crippen LogP contribution >= 0.6 is 0 Å². The molecule has 2 aromatic carbocycles. The summed E-state index contributed by atoms with van der Waals surface area (Å²) in [6.07, 6.45) is 3.52. The fraction of sp³-hybridized carbons (Fsp3) is 0.581. The van der Waals surface area contributed by atoms with Crippen molar-refractivity contribution in [2.45, 2.75) is 109 Å². The van der Waals surface area contributed by atoms with E-state index < -0.39 is 35.5 Å². The van der Waals surface area contributed by atoms with Gasteiger partial charge in [-0.3, -0.25) is 0 Å². The molecular weight excluding hydrogens is 486 g/mol. The van der Waals surface area contributed by atoms with Crippen LogP contribution in [0.15, 0.2) is 42.5 Å². The fourth-order valence-corrected chi connectivity index (χ4v) is 5.18. The van der Waals surface area contributed by atoms with E-state index >= 15 is 0 Å². The van der Waals surface area contributed by atoms with Crippen molar-refractivity contribution in [1.29, 1.82) is 0 Å². The molecule has 7 heteroatoms. The van der Waals surface area contributed by atoms with E-state index in [9.17, 15) is 18.7 Å². The molecule has 0 aliphatic heterocycles. The highest BCUT2D eigenvalue weighted by molar-refractivity contribution is 5.68. The molecule has 0 heterocycles. The van der Waals surface area contributed by atoms with Crippen LogP contribution in [0.3, 0.4) is 0 Å². The summed E-state index contributed by atoms with van der Waals surface area (Å²) in [4.78, 5) is 12.6. The van der Waals surface area contributed by atoms with Crippen LogP contribution in [-0.4, -0.2) is 35.5 Å². The van der Waals surface area contributed by atoms with Gasteiger partial charge in [0.25, 0.3) is 0 Å². The highest BCUT2D eigenvalue weighted by Gasteiger charge is 2.35. The minimum Gasteiger partial charge on any atom is -0.444 e. The van der Waals surface area contributed by atoms with Crippen LogP contribution in [0.4, 0.5) is 13.6 Å². The first-order chi connectivity index (χ1) is 17.7. The molecule has 5 nitrogen and oxygen atoms in total. The monoisotopic (exact) mass is 530 g/mol. The Kier molecular flexibility index (Phi) is 9.58. The number of benzene rings is 2. The van der Waals surface area contributed by atoms with Crippen LogP contribution in [0.1, 0.15) is 90.3 Å². The summed E-state index contributed by atoms with van der Waals surface area (Å²) in [5.41, 5.74) is 1.81. The number of aliphatic hydroxyl groups is 1. The second-order valence-electron chi connectivity index (χ2n) is 12.7. The number of nitrogens with one attached hydrogen (secondary N) is 2. The van der Waals surface area contributed by atoms with E-state index in [0.717, 1.165) is 31.7 Å². The normalized spacial score (nSPS) is 17.5. The zero-order valence-corrected chi connectivity index (χ0v) is 23.7. The number of ether oxygens (including phenoxy) is 1. The van der Waals surface area contributed by atoms with Gasteiger partial charge in [-0.25, -0.2) is 13.6 Å². The number of halogens is 2. The van der Waals surface area contributed by atoms with Crippen molar-refractivity contribution in [3.8, 4) is 0 Å². The van der Waals surface area contributed by atoms with E-state index in [1.807, 2.05) is 0 Å². The van der Waals surface area contributed by atoms with Crippen LogP contribution in [0.25, 0.3) is 0 Å². The van der Waals surface area contributed by atoms with Gasteiger partial charge in [0, 0.05) is 18.2 Å². The van der Waals surface area contributed by atoms with Crippen molar-refractivity contribution < 1.29 is 23.4 Å². The number of carbonyl (C=O) groups excluding carboxylic acids is 1. The molecule has 2 atom stereocenters. The number of carbonyl (C=O) groups is 1. The molecule has 1 saturated carbocycles. The Morgan fingerprint density at radius 1 is 0.974 bits per heavy atom. The first-order valence-corrected chi connectivity index (χ1v) is 13.7. The molecular formula is C31H44F2N2O3. The molecule has 3 N–H and O–H groups in total. The van der Waals surface area contributed by atoms with E-state index in [1.165, 1.54) is 29.7 Å². The molecule has 2 aromatic rings. The highest BCUT2D eigenvalue weighted by Crippen LogP contribution is 2.38. The van der Waals surface area contributed by atoms with Crippen LogP contribution in [0, 0.1) is 11.6 Å². The molecule has 210 valence electrons. The van der Waals surface area contributed by atoms with E-state index in [0.29, 0.717) is 5.56 Å². The van der Waals surface area contributed by atoms with Crippen molar-refractivity contribution in [3.63, 3.8) is 0 Å². The Balaban J connectivity index is 1.81. The van der Waals surface area contributed by atoms with Crippen molar-refractivity contribution in [1.82, 2.24) is 10.6 Å². The number of hydrogen-bond donors (Lipinski definition) is 3. The summed E-state index contributed by atoms with van der Waals surface area (Å²) in [7, 11) is 0. The van der Waals surface area contributed by atoms with Crippen molar-refractivity contribution in [2.75, 3.05) is 6.54 Å². The molecule has 1 fully saturated rings. The van der Waals surface area contributed by atoms with Gasteiger partial charge in [0.05, 0.1) is 12.1 Å². The summed E-state index contributed by atoms with van der Waals surface area (Å²) in [6, 6.07) is 11.1. The Morgan fingerprint density at radius 2 is 1.55 bits per heavy atom. The third kappa shape index (κ3) is 8.50. The van der Waals surface area contributed by atoms with Gasteiger partial charge in [0.1, 0.15) is 17.2 Å². The molecule has 1 aliphatic rings. The summed E-state index contributed by atoms with van der Waals surface area (Å²) in [6.45, 7) is 12.0. The van der Waals surface area contributed by atoms with Gasteiger partial charge in [0.2, 0.25) is 0 Å². The maximum absolute atomic E-state index is 13.9. The van der Waals surface area contributed by atoms with Crippen molar-refractivity contribution >= 4 is 6.09 Å². The smallest absolute Gasteiger partial charge is 0.407 e. The van der Waals surface area contributed by atoms with Gasteiger partial charge in [-0.2, -0.15) is 0 Å². The average Bonchev–Trinajstić information content (AvgIpc) is 2.80. The Morgan fingerprint density at radius 3 is 2.08 bits per heavy atom. The Labute approximate surface area is 226 Å². The lowest BCUT2D eigenvalue weighted by Crippen LogP contribution is -2.53. The maximum Gasteiger partial charge on any atom is 0.407 e. The number of rotatable bonds is 8. The second-order valence-corrected chi connectivity index (χ2v) is 12.7. The van der Waals surface area contributed by atoms with Gasteiger partial charge < -0.3 is 20.5 Å². The van der Waals surface area contributed by atoms with E-state index in [-0.39, 0.29) is 23.9 Å². The summed E-state index contributed by atoms with van der Waals surface area (Å²) < 4.78 is 33.1. The lowest BCUT2D eigenvalue weighted by molar-refractivity contribution is 0.0408. The van der Waals surface area contributed by atoms with Crippen LogP contribution < -0.4 is 10.6 Å². The van der Waals surface area contributed by atoms with Gasteiger partial charge in [-0.15, -0.1) is 0 Å². The summed E-state index contributed by atoms with van der Waals surface area (Å²) in [5.74, 6) is -1.41. The van der Waals surface area contributed by atoms with Crippen molar-refractivity contribution in [3.05, 3.63) is 70.8 Å². The third-order valence-electron chi connectivity index (χ3n) is 7.20. The van der Waals surface area contributed by atoms with Crippen LogP contribution in [0.2, 0.25) is 0 Å². The first kappa shape index (κ1) is 30.0. The number of hydrogen-bond acceptors (Lipinski definition) is 4. The molecule has 1 aliphatic carbocycles. The molecule has 0 saturated heterocycles. The predicted octanol–water partition coefficient (Wildman–Crippen LogP) is 6.51. The van der Waals surface area contributed by atoms with Gasteiger partial charge >= 0.3 is 6.09 Å². The lowest BCUT2D eigenvalue weighted by atomic mass is 9.75. The van der Waals surface area contributed by atoms with Crippen LogP contribution in [0.5, 0.6) is 0 Å². The quantitative estimate of drug-likeness (QED) is 0.364. The molecule has 3 rings (SSSR count). The largest absolute Gasteiger partial charge is 0.444 e. The Hall–Kier alpha value is -2.51. The lowest BCUT2D eigenvalue weighted by Gasteiger charge is -2.40. The number of alkyl carbamates (subject to hydrolysis) is 1. The topological polar surface area (TPSA) is 70.6 Å². The van der Waals surface area contributed by atoms with Crippen molar-refractivity contribution in [2.24, 2.45) is 0 Å². The number of aliphatic hydroxyl groups excluding tert-OH is 1. The highest BCUT2D eigenvalue weighted by atomic mass is 19.1. The number of amides is 1. The fourth-order valence-electron chi connectivity index (χ4n) is 5.18. The van der Waals surface area contributed by atoms with E-state index in [4.69, 9.17) is 4.74 Å². The minimum atomic E-state index is -1.03. The zero-order chi connectivity index (χ0) is 28.1. The summed E-state index contributed by atoms with van der Waals surface area (Å²) >= 11 is 0. The third-order valence-corrected chi connectivity index (χ3v) is 7.20. The minimum absolute atomic E-state index is 0.0457. The second kappa shape index (κ2) is 12.1. The molecule has 0 bridgehead atoms. The summed E-state index contributed by atoms with van der Waals surface area (Å²) in [5, 5.41) is 17.6. The first-order valence-electron chi connectivity index (χ1n) is 13.7. The van der Waals surface area contributed by atoms with Crippen LogP contribution in [-0.2, 0) is 22.1 Å². The molecule has 1 amide bonds. The standard InChI is InChI=1S/C31H44F2N2O3/c1-29(2,3)22-10-12-23(13-11-22)31(14-8-7-9-15-31)34-20-27(36)26(35-28(37)38-30(4,5)6)18-21-16-24(32)19-25(33)17-21/h10-13,16-17,19,26-27,34,36H,7-9,14-15,18,20H2,1-6H3,(H,35,37)/t26-,27+/m0/s1. The van der Waals surface area contributed by atoms with Gasteiger partial charge in [-0.05, 0) is 74.3 Å². The molecule has 0 radical (unpaired) electrons. The van der Waals surface area contributed by atoms with E-state index in [1.54, 1.807) is 20.8 Å². The molecule has 0 spiro atoms. The van der Waals surface area contributed by atoms with Gasteiger partial charge in [0.15, 0.2) is 0 Å². The van der Waals surface area contributed by atoms with Gasteiger partial charge in [-0.1, -0.05) is 64.3 Å². The van der Waals surface area contributed by atoms with E-state index in [2.05, 4.69) is 55.7 Å². The maximum atomic E-state index is 13.9. The SMILES string of the molecule is CC(C)(C)OC(=O)N[C@@H](Cc1cc(F)cc(F)c1)[C@H](O)CNC1(c2ccc(C(C)(C)C)cc2)CCCCC1. The molecule has 0 aromatic heterocycles. The molecule has 0 unspecified atom stereocenters. The zero-order valence-electron chi connectivity index (χ0n) is 23.7. The Bertz CT molecular complexity index is 1050.